The van der Waals surface area contributed by atoms with E-state index >= 15 is 0 Å². The normalized spacial score (nSPS) is 29.0. The van der Waals surface area contributed by atoms with Gasteiger partial charge in [-0.1, -0.05) is 27.7 Å². The molecule has 0 spiro atoms. The van der Waals surface area contributed by atoms with E-state index < -0.39 is 0 Å². The van der Waals surface area contributed by atoms with Gasteiger partial charge in [-0.3, -0.25) is 4.99 Å². The predicted octanol–water partition coefficient (Wildman–Crippen LogP) is 1.36. The Bertz CT molecular complexity index is 261. The van der Waals surface area contributed by atoms with Gasteiger partial charge >= 0.3 is 0 Å². The van der Waals surface area contributed by atoms with Crippen LogP contribution >= 0.6 is 0 Å². The number of nitrogens with zero attached hydrogens (tertiary/aromatic N) is 1. The van der Waals surface area contributed by atoms with Crippen LogP contribution in [0.4, 0.5) is 0 Å². The zero-order valence-electron chi connectivity index (χ0n) is 11.1. The first-order chi connectivity index (χ1) is 7.37. The first kappa shape index (κ1) is 13.3. The summed E-state index contributed by atoms with van der Waals surface area (Å²) in [6.07, 6.45) is 1.32. The average Bonchev–Trinajstić information content (AvgIpc) is 2.20. The number of ether oxygens (including phenoxy) is 1. The van der Waals surface area contributed by atoms with Gasteiger partial charge in [-0.05, 0) is 12.3 Å². The van der Waals surface area contributed by atoms with E-state index in [1.54, 1.807) is 7.11 Å². The van der Waals surface area contributed by atoms with Crippen LogP contribution in [0.1, 0.15) is 34.1 Å². The number of guanidine groups is 1. The molecule has 0 heterocycles. The van der Waals surface area contributed by atoms with Crippen LogP contribution in [0.2, 0.25) is 0 Å². The van der Waals surface area contributed by atoms with Crippen LogP contribution in [0.15, 0.2) is 4.99 Å². The van der Waals surface area contributed by atoms with Crippen molar-refractivity contribution in [2.24, 2.45) is 22.1 Å². The molecule has 1 aliphatic rings. The summed E-state index contributed by atoms with van der Waals surface area (Å²) in [5, 5.41) is 3.27. The number of aliphatic imine (C=N–C) groups is 1. The summed E-state index contributed by atoms with van der Waals surface area (Å²) < 4.78 is 5.39. The lowest BCUT2D eigenvalue weighted by atomic mass is 9.64. The summed E-state index contributed by atoms with van der Waals surface area (Å²) >= 11 is 0. The van der Waals surface area contributed by atoms with E-state index in [9.17, 15) is 0 Å². The molecule has 1 fully saturated rings. The minimum atomic E-state index is 0.132. The molecular formula is C12H25N3O. The van der Waals surface area contributed by atoms with Gasteiger partial charge in [0, 0.05) is 25.1 Å². The molecule has 3 N–H and O–H groups in total. The van der Waals surface area contributed by atoms with Gasteiger partial charge in [0.1, 0.15) is 0 Å². The highest BCUT2D eigenvalue weighted by Crippen LogP contribution is 2.42. The molecule has 2 unspecified atom stereocenters. The second kappa shape index (κ2) is 5.04. The maximum atomic E-state index is 5.84. The highest BCUT2D eigenvalue weighted by atomic mass is 16.5. The number of hydrogen-bond donors (Lipinski definition) is 2. The van der Waals surface area contributed by atoms with Gasteiger partial charge in [-0.2, -0.15) is 0 Å². The standard InChI is InChI=1S/C12H25N3O/c1-8(2)7-14-11(13)15-9-6-10(16-5)12(9,3)4/h8-10H,6-7H2,1-5H3,(H3,13,14,15). The molecule has 2 atom stereocenters. The monoisotopic (exact) mass is 227 g/mol. The Morgan fingerprint density at radius 1 is 1.56 bits per heavy atom. The highest BCUT2D eigenvalue weighted by molar-refractivity contribution is 5.78. The maximum absolute atomic E-state index is 5.84. The lowest BCUT2D eigenvalue weighted by Crippen LogP contribution is -2.62. The second-order valence-electron chi connectivity index (χ2n) is 5.60. The van der Waals surface area contributed by atoms with Crippen molar-refractivity contribution < 1.29 is 4.74 Å². The maximum Gasteiger partial charge on any atom is 0.188 e. The fourth-order valence-electron chi connectivity index (χ4n) is 2.04. The first-order valence-corrected chi connectivity index (χ1v) is 5.97. The Morgan fingerprint density at radius 3 is 2.62 bits per heavy atom. The average molecular weight is 227 g/mol. The van der Waals surface area contributed by atoms with Crippen LogP contribution in [0.5, 0.6) is 0 Å². The van der Waals surface area contributed by atoms with Crippen LogP contribution in [0.3, 0.4) is 0 Å². The van der Waals surface area contributed by atoms with Gasteiger partial charge in [0.2, 0.25) is 0 Å². The molecule has 0 amide bonds. The van der Waals surface area contributed by atoms with Gasteiger partial charge in [0.05, 0.1) is 6.10 Å². The Morgan fingerprint density at radius 2 is 2.19 bits per heavy atom. The van der Waals surface area contributed by atoms with E-state index in [1.165, 1.54) is 0 Å². The Labute approximate surface area is 98.6 Å². The Hall–Kier alpha value is -0.770. The van der Waals surface area contributed by atoms with Crippen molar-refractivity contribution in [3.8, 4) is 0 Å². The van der Waals surface area contributed by atoms with Gasteiger partial charge < -0.3 is 15.8 Å². The van der Waals surface area contributed by atoms with Crippen molar-refractivity contribution in [2.45, 2.75) is 46.3 Å². The zero-order valence-corrected chi connectivity index (χ0v) is 11.1. The lowest BCUT2D eigenvalue weighted by Gasteiger charge is -2.51. The highest BCUT2D eigenvalue weighted by Gasteiger charge is 2.48. The van der Waals surface area contributed by atoms with Crippen LogP contribution in [0, 0.1) is 11.3 Å². The topological polar surface area (TPSA) is 59.6 Å². The SMILES string of the molecule is COC1CC(NC(N)=NCC(C)C)C1(C)C. The molecule has 4 nitrogen and oxygen atoms in total. The molecule has 0 radical (unpaired) electrons. The van der Waals surface area contributed by atoms with Crippen LogP contribution in [0.25, 0.3) is 0 Å². The molecule has 1 saturated carbocycles. The molecule has 4 heteroatoms. The molecule has 0 aliphatic heterocycles. The molecule has 16 heavy (non-hydrogen) atoms. The third-order valence-corrected chi connectivity index (χ3v) is 3.41. The second-order valence-corrected chi connectivity index (χ2v) is 5.60. The zero-order chi connectivity index (χ0) is 12.3. The molecule has 1 rings (SSSR count). The van der Waals surface area contributed by atoms with Gasteiger partial charge in [0.25, 0.3) is 0 Å². The molecule has 0 saturated heterocycles. The summed E-state index contributed by atoms with van der Waals surface area (Å²) in [6, 6.07) is 0.369. The minimum absolute atomic E-state index is 0.132. The third-order valence-electron chi connectivity index (χ3n) is 3.41. The quantitative estimate of drug-likeness (QED) is 0.563. The molecule has 0 aromatic carbocycles. The van der Waals surface area contributed by atoms with Crippen molar-refractivity contribution >= 4 is 5.96 Å². The number of methoxy groups -OCH3 is 1. The van der Waals surface area contributed by atoms with E-state index in [0.717, 1.165) is 13.0 Å². The van der Waals surface area contributed by atoms with Crippen molar-refractivity contribution in [1.82, 2.24) is 5.32 Å². The number of hydrogen-bond acceptors (Lipinski definition) is 2. The minimum Gasteiger partial charge on any atom is -0.381 e. The first-order valence-electron chi connectivity index (χ1n) is 5.97. The summed E-state index contributed by atoms with van der Waals surface area (Å²) in [5.41, 5.74) is 5.97. The van der Waals surface area contributed by atoms with Crippen molar-refractivity contribution in [2.75, 3.05) is 13.7 Å². The van der Waals surface area contributed by atoms with Crippen LogP contribution < -0.4 is 11.1 Å². The summed E-state index contributed by atoms with van der Waals surface area (Å²) in [5.74, 6) is 1.10. The molecule has 0 aromatic rings. The molecule has 1 aliphatic carbocycles. The van der Waals surface area contributed by atoms with E-state index in [0.29, 0.717) is 24.0 Å². The summed E-state index contributed by atoms with van der Waals surface area (Å²) in [6.45, 7) is 9.42. The predicted molar refractivity (Wildman–Crippen MR) is 67.4 cm³/mol. The molecule has 0 bridgehead atoms. The largest absolute Gasteiger partial charge is 0.381 e. The van der Waals surface area contributed by atoms with Crippen LogP contribution in [-0.2, 0) is 4.74 Å². The Kier molecular flexibility index (Phi) is 4.19. The molecule has 0 aromatic heterocycles. The van der Waals surface area contributed by atoms with E-state index in [2.05, 4.69) is 38.0 Å². The Balaban J connectivity index is 2.42. The van der Waals surface area contributed by atoms with E-state index in [-0.39, 0.29) is 5.41 Å². The summed E-state index contributed by atoms with van der Waals surface area (Å²) in [7, 11) is 1.76. The van der Waals surface area contributed by atoms with Gasteiger partial charge in [-0.15, -0.1) is 0 Å². The van der Waals surface area contributed by atoms with Crippen molar-refractivity contribution in [3.05, 3.63) is 0 Å². The fraction of sp³-hybridized carbons (Fsp3) is 0.917. The van der Waals surface area contributed by atoms with Crippen molar-refractivity contribution in [3.63, 3.8) is 0 Å². The molecule has 94 valence electrons. The third kappa shape index (κ3) is 2.88. The van der Waals surface area contributed by atoms with Gasteiger partial charge in [-0.25, -0.2) is 0 Å². The lowest BCUT2D eigenvalue weighted by molar-refractivity contribution is -0.0921. The number of nitrogens with two attached hydrogens (primary N) is 1. The van der Waals surface area contributed by atoms with Crippen LogP contribution in [-0.4, -0.2) is 31.8 Å². The summed E-state index contributed by atoms with van der Waals surface area (Å²) in [4.78, 5) is 4.30. The van der Waals surface area contributed by atoms with Crippen molar-refractivity contribution in [1.29, 1.82) is 0 Å². The fourth-order valence-corrected chi connectivity index (χ4v) is 2.04. The smallest absolute Gasteiger partial charge is 0.188 e. The van der Waals surface area contributed by atoms with E-state index in [4.69, 9.17) is 10.5 Å². The number of nitrogens with one attached hydrogen (secondary N) is 1. The molecular weight excluding hydrogens is 202 g/mol. The van der Waals surface area contributed by atoms with E-state index in [1.807, 2.05) is 0 Å². The number of rotatable bonds is 4. The van der Waals surface area contributed by atoms with Gasteiger partial charge in [0.15, 0.2) is 5.96 Å².